The van der Waals surface area contributed by atoms with Crippen molar-refractivity contribution < 1.29 is 0 Å². The first-order valence-electron chi connectivity index (χ1n) is 5.26. The first-order chi connectivity index (χ1) is 8.20. The highest BCUT2D eigenvalue weighted by Gasteiger charge is 2.05. The second-order valence-electron chi connectivity index (χ2n) is 3.52. The van der Waals surface area contributed by atoms with Gasteiger partial charge in [0.1, 0.15) is 0 Å². The molecule has 0 bridgehead atoms. The van der Waals surface area contributed by atoms with Crippen molar-refractivity contribution in [3.8, 4) is 5.82 Å². The molecular weight excluding hydrogens is 304 g/mol. The summed E-state index contributed by atoms with van der Waals surface area (Å²) in [5, 5.41) is 8.09. The van der Waals surface area contributed by atoms with E-state index in [9.17, 15) is 0 Å². The Morgan fingerprint density at radius 3 is 2.94 bits per heavy atom. The Morgan fingerprint density at radius 2 is 2.29 bits per heavy atom. The standard InChI is InChI=1S/C11H12BrClN4/c1-2-14-4-8-3-11(15-6-10(8)13)17-7-9(12)5-16-17/h3,5-7,14H,2,4H2,1H3. The number of nitrogens with one attached hydrogen (secondary N) is 1. The van der Waals surface area contributed by atoms with Gasteiger partial charge in [-0.25, -0.2) is 9.67 Å². The molecule has 0 aliphatic carbocycles. The highest BCUT2D eigenvalue weighted by Crippen LogP contribution is 2.18. The van der Waals surface area contributed by atoms with E-state index in [2.05, 4.69) is 38.3 Å². The van der Waals surface area contributed by atoms with Crippen LogP contribution in [0.25, 0.3) is 5.82 Å². The molecule has 0 aliphatic heterocycles. The van der Waals surface area contributed by atoms with Crippen LogP contribution in [0.5, 0.6) is 0 Å². The van der Waals surface area contributed by atoms with Crippen LogP contribution in [0.3, 0.4) is 0 Å². The number of pyridine rings is 1. The van der Waals surface area contributed by atoms with Gasteiger partial charge < -0.3 is 5.32 Å². The predicted octanol–water partition coefficient (Wildman–Crippen LogP) is 2.79. The molecule has 0 aliphatic rings. The smallest absolute Gasteiger partial charge is 0.153 e. The van der Waals surface area contributed by atoms with Crippen LogP contribution in [0.1, 0.15) is 12.5 Å². The van der Waals surface area contributed by atoms with E-state index in [-0.39, 0.29) is 0 Å². The van der Waals surface area contributed by atoms with E-state index in [1.54, 1.807) is 17.1 Å². The predicted molar refractivity (Wildman–Crippen MR) is 71.4 cm³/mol. The van der Waals surface area contributed by atoms with Crippen LogP contribution in [0.15, 0.2) is 29.1 Å². The second kappa shape index (κ2) is 5.62. The number of rotatable bonds is 4. The van der Waals surface area contributed by atoms with Gasteiger partial charge in [0.2, 0.25) is 0 Å². The van der Waals surface area contributed by atoms with Gasteiger partial charge >= 0.3 is 0 Å². The minimum Gasteiger partial charge on any atom is -0.313 e. The fraction of sp³-hybridized carbons (Fsp3) is 0.273. The van der Waals surface area contributed by atoms with Crippen LogP contribution in [-0.4, -0.2) is 21.3 Å². The van der Waals surface area contributed by atoms with E-state index in [1.807, 2.05) is 12.3 Å². The maximum Gasteiger partial charge on any atom is 0.153 e. The third kappa shape index (κ3) is 3.06. The lowest BCUT2D eigenvalue weighted by Crippen LogP contribution is -2.13. The van der Waals surface area contributed by atoms with E-state index in [0.29, 0.717) is 5.02 Å². The van der Waals surface area contributed by atoms with Gasteiger partial charge in [-0.15, -0.1) is 0 Å². The normalized spacial score (nSPS) is 10.8. The summed E-state index contributed by atoms with van der Waals surface area (Å²) >= 11 is 9.44. The summed E-state index contributed by atoms with van der Waals surface area (Å²) in [5.74, 6) is 0.757. The lowest BCUT2D eigenvalue weighted by atomic mass is 10.2. The molecule has 0 amide bonds. The molecule has 2 aromatic rings. The quantitative estimate of drug-likeness (QED) is 0.943. The molecule has 0 unspecified atom stereocenters. The monoisotopic (exact) mass is 314 g/mol. The lowest BCUT2D eigenvalue weighted by Gasteiger charge is -2.07. The molecule has 0 spiro atoms. The molecule has 0 aromatic carbocycles. The molecule has 0 saturated carbocycles. The molecule has 17 heavy (non-hydrogen) atoms. The molecule has 0 atom stereocenters. The van der Waals surface area contributed by atoms with Crippen molar-refractivity contribution in [1.82, 2.24) is 20.1 Å². The summed E-state index contributed by atoms with van der Waals surface area (Å²) in [7, 11) is 0. The Kier molecular flexibility index (Phi) is 4.15. The van der Waals surface area contributed by atoms with Crippen molar-refractivity contribution in [2.45, 2.75) is 13.5 Å². The van der Waals surface area contributed by atoms with Crippen LogP contribution < -0.4 is 5.32 Å². The van der Waals surface area contributed by atoms with E-state index in [0.717, 1.165) is 28.9 Å². The summed E-state index contributed by atoms with van der Waals surface area (Å²) in [5.41, 5.74) is 1.02. The van der Waals surface area contributed by atoms with Crippen molar-refractivity contribution in [1.29, 1.82) is 0 Å². The molecule has 4 nitrogen and oxygen atoms in total. The molecule has 0 fully saturated rings. The minimum absolute atomic E-state index is 0.668. The van der Waals surface area contributed by atoms with Gasteiger partial charge in [0.05, 0.1) is 15.7 Å². The summed E-state index contributed by atoms with van der Waals surface area (Å²) in [4.78, 5) is 4.25. The van der Waals surface area contributed by atoms with Crippen molar-refractivity contribution in [2.75, 3.05) is 6.54 Å². The van der Waals surface area contributed by atoms with Gasteiger partial charge in [-0.1, -0.05) is 18.5 Å². The minimum atomic E-state index is 0.668. The highest BCUT2D eigenvalue weighted by molar-refractivity contribution is 9.10. The van der Waals surface area contributed by atoms with Crippen molar-refractivity contribution in [2.24, 2.45) is 0 Å². The van der Waals surface area contributed by atoms with Crippen molar-refractivity contribution in [3.63, 3.8) is 0 Å². The molecule has 2 heterocycles. The van der Waals surface area contributed by atoms with Gasteiger partial charge in [0.15, 0.2) is 5.82 Å². The van der Waals surface area contributed by atoms with Crippen LogP contribution in [0.2, 0.25) is 5.02 Å². The first-order valence-corrected chi connectivity index (χ1v) is 6.43. The topological polar surface area (TPSA) is 42.7 Å². The van der Waals surface area contributed by atoms with Crippen LogP contribution in [0, 0.1) is 0 Å². The van der Waals surface area contributed by atoms with Gasteiger partial charge in [0, 0.05) is 18.9 Å². The van der Waals surface area contributed by atoms with E-state index >= 15 is 0 Å². The highest BCUT2D eigenvalue weighted by atomic mass is 79.9. The fourth-order valence-electron chi connectivity index (χ4n) is 1.41. The Labute approximate surface area is 113 Å². The zero-order chi connectivity index (χ0) is 12.3. The van der Waals surface area contributed by atoms with Gasteiger partial charge in [-0.05, 0) is 34.1 Å². The van der Waals surface area contributed by atoms with Crippen LogP contribution >= 0.6 is 27.5 Å². The number of hydrogen-bond donors (Lipinski definition) is 1. The lowest BCUT2D eigenvalue weighted by molar-refractivity contribution is 0.723. The Balaban J connectivity index is 2.30. The Bertz CT molecular complexity index is 512. The molecule has 90 valence electrons. The fourth-order valence-corrected chi connectivity index (χ4v) is 1.87. The average Bonchev–Trinajstić information content (AvgIpc) is 2.75. The van der Waals surface area contributed by atoms with E-state index in [1.165, 1.54) is 0 Å². The summed E-state index contributed by atoms with van der Waals surface area (Å²) in [6, 6.07) is 1.93. The molecule has 1 N–H and O–H groups in total. The Morgan fingerprint density at radius 1 is 1.47 bits per heavy atom. The molecular formula is C11H12BrClN4. The van der Waals surface area contributed by atoms with Gasteiger partial charge in [0.25, 0.3) is 0 Å². The number of aromatic nitrogens is 3. The third-order valence-electron chi connectivity index (χ3n) is 2.27. The third-order valence-corrected chi connectivity index (χ3v) is 3.02. The van der Waals surface area contributed by atoms with Crippen molar-refractivity contribution >= 4 is 27.5 Å². The first kappa shape index (κ1) is 12.5. The largest absolute Gasteiger partial charge is 0.313 e. The van der Waals surface area contributed by atoms with E-state index < -0.39 is 0 Å². The van der Waals surface area contributed by atoms with Crippen LogP contribution in [-0.2, 0) is 6.54 Å². The average molecular weight is 316 g/mol. The molecule has 0 saturated heterocycles. The SMILES string of the molecule is CCNCc1cc(-n2cc(Br)cn2)ncc1Cl. The second-order valence-corrected chi connectivity index (χ2v) is 4.84. The maximum atomic E-state index is 6.08. The molecule has 2 aromatic heterocycles. The van der Waals surface area contributed by atoms with Gasteiger partial charge in [-0.3, -0.25) is 0 Å². The molecule has 6 heteroatoms. The van der Waals surface area contributed by atoms with Gasteiger partial charge in [-0.2, -0.15) is 5.10 Å². The zero-order valence-electron chi connectivity index (χ0n) is 9.32. The molecule has 2 rings (SSSR count). The number of halogens is 2. The van der Waals surface area contributed by atoms with Crippen LogP contribution in [0.4, 0.5) is 0 Å². The number of hydrogen-bond acceptors (Lipinski definition) is 3. The Hall–Kier alpha value is -0.910. The maximum absolute atomic E-state index is 6.08. The summed E-state index contributed by atoms with van der Waals surface area (Å²) in [6.45, 7) is 3.69. The zero-order valence-corrected chi connectivity index (χ0v) is 11.7. The summed E-state index contributed by atoms with van der Waals surface area (Å²) in [6.07, 6.45) is 5.23. The van der Waals surface area contributed by atoms with Crippen molar-refractivity contribution in [3.05, 3.63) is 39.7 Å². The summed E-state index contributed by atoms with van der Waals surface area (Å²) < 4.78 is 2.62. The number of nitrogens with zero attached hydrogens (tertiary/aromatic N) is 3. The van der Waals surface area contributed by atoms with E-state index in [4.69, 9.17) is 11.6 Å². The molecule has 0 radical (unpaired) electrons.